The predicted octanol–water partition coefficient (Wildman–Crippen LogP) is 2.55. The van der Waals surface area contributed by atoms with Gasteiger partial charge in [0.25, 0.3) is 0 Å². The monoisotopic (exact) mass is 363 g/mol. The van der Waals surface area contributed by atoms with Crippen LogP contribution in [0.1, 0.15) is 30.1 Å². The summed E-state index contributed by atoms with van der Waals surface area (Å²) in [5.74, 6) is 1.37. The van der Waals surface area contributed by atoms with Gasteiger partial charge in [-0.3, -0.25) is 4.79 Å². The minimum atomic E-state index is -0.243. The minimum absolute atomic E-state index is 0.0928. The molecule has 2 aromatic carbocycles. The first-order valence-electron chi connectivity index (χ1n) is 8.79. The van der Waals surface area contributed by atoms with Gasteiger partial charge in [-0.15, -0.1) is 0 Å². The SMILES string of the molecule is COc1ccc([C@@H]2Nc3ncnn3[C@@H](c3ccccc3)[C@H]2NC(C)=O)cc1. The zero-order valence-corrected chi connectivity index (χ0v) is 15.2. The maximum Gasteiger partial charge on any atom is 0.222 e. The van der Waals surface area contributed by atoms with Crippen molar-refractivity contribution in [1.82, 2.24) is 20.1 Å². The molecule has 3 atom stereocenters. The lowest BCUT2D eigenvalue weighted by molar-refractivity contribution is -0.120. The molecule has 3 aromatic rings. The summed E-state index contributed by atoms with van der Waals surface area (Å²) in [6.45, 7) is 1.53. The number of methoxy groups -OCH3 is 1. The molecule has 7 heteroatoms. The Morgan fingerprint density at radius 2 is 1.85 bits per heavy atom. The lowest BCUT2D eigenvalue weighted by atomic mass is 9.88. The summed E-state index contributed by atoms with van der Waals surface area (Å²) in [6, 6.07) is 17.3. The van der Waals surface area contributed by atoms with Gasteiger partial charge in [-0.2, -0.15) is 10.1 Å². The highest BCUT2D eigenvalue weighted by atomic mass is 16.5. The normalized spacial score (nSPS) is 21.0. The number of carbonyl (C=O) groups is 1. The van der Waals surface area contributed by atoms with Crippen LogP contribution in [0.4, 0.5) is 5.95 Å². The third-order valence-electron chi connectivity index (χ3n) is 4.81. The van der Waals surface area contributed by atoms with E-state index >= 15 is 0 Å². The molecule has 138 valence electrons. The number of nitrogens with one attached hydrogen (secondary N) is 2. The third-order valence-corrected chi connectivity index (χ3v) is 4.81. The molecular weight excluding hydrogens is 342 g/mol. The Bertz CT molecular complexity index is 923. The van der Waals surface area contributed by atoms with Crippen molar-refractivity contribution in [3.05, 3.63) is 72.1 Å². The van der Waals surface area contributed by atoms with Gasteiger partial charge >= 0.3 is 0 Å². The van der Waals surface area contributed by atoms with Crippen molar-refractivity contribution in [1.29, 1.82) is 0 Å². The molecule has 0 bridgehead atoms. The van der Waals surface area contributed by atoms with Crippen LogP contribution in [0.2, 0.25) is 0 Å². The summed E-state index contributed by atoms with van der Waals surface area (Å²) in [6.07, 6.45) is 1.53. The van der Waals surface area contributed by atoms with Gasteiger partial charge in [0, 0.05) is 6.92 Å². The number of fused-ring (bicyclic) bond motifs is 1. The maximum absolute atomic E-state index is 12.0. The van der Waals surface area contributed by atoms with Crippen molar-refractivity contribution in [2.75, 3.05) is 12.4 Å². The Morgan fingerprint density at radius 3 is 2.52 bits per heavy atom. The van der Waals surface area contributed by atoms with E-state index in [0.717, 1.165) is 16.9 Å². The van der Waals surface area contributed by atoms with Gasteiger partial charge < -0.3 is 15.4 Å². The second kappa shape index (κ2) is 7.11. The molecule has 0 spiro atoms. The average Bonchev–Trinajstić information content (AvgIpc) is 3.16. The zero-order valence-electron chi connectivity index (χ0n) is 15.2. The third kappa shape index (κ3) is 3.23. The summed E-state index contributed by atoms with van der Waals surface area (Å²) in [4.78, 5) is 16.4. The molecule has 2 heterocycles. The largest absolute Gasteiger partial charge is 0.497 e. The highest BCUT2D eigenvalue weighted by Gasteiger charge is 2.40. The molecule has 2 N–H and O–H groups in total. The van der Waals surface area contributed by atoms with E-state index in [0.29, 0.717) is 5.95 Å². The standard InChI is InChI=1S/C20H21N5O2/c1-13(26)23-18-17(14-8-10-16(27-2)11-9-14)24-20-21-12-22-25(20)19(18)15-6-4-3-5-7-15/h3-12,17-19H,1-2H3,(H,23,26)(H,21,22,24)/t17-,18-,19-/m0/s1. The molecule has 4 rings (SSSR count). The smallest absolute Gasteiger partial charge is 0.222 e. The number of nitrogens with zero attached hydrogens (tertiary/aromatic N) is 3. The number of ether oxygens (including phenoxy) is 1. The van der Waals surface area contributed by atoms with Crippen LogP contribution < -0.4 is 15.4 Å². The van der Waals surface area contributed by atoms with Gasteiger partial charge in [-0.05, 0) is 23.3 Å². The number of hydrogen-bond acceptors (Lipinski definition) is 5. The van der Waals surface area contributed by atoms with E-state index in [9.17, 15) is 4.79 Å². The maximum atomic E-state index is 12.0. The molecule has 0 saturated carbocycles. The molecule has 1 aliphatic heterocycles. The Kier molecular flexibility index (Phi) is 4.50. The Balaban J connectivity index is 1.82. The number of amides is 1. The van der Waals surface area contributed by atoms with Crippen LogP contribution in [0.15, 0.2) is 60.9 Å². The van der Waals surface area contributed by atoms with Crippen molar-refractivity contribution >= 4 is 11.9 Å². The quantitative estimate of drug-likeness (QED) is 0.745. The van der Waals surface area contributed by atoms with E-state index < -0.39 is 0 Å². The van der Waals surface area contributed by atoms with E-state index in [2.05, 4.69) is 20.7 Å². The molecule has 1 aromatic heterocycles. The van der Waals surface area contributed by atoms with Gasteiger partial charge in [0.15, 0.2) is 0 Å². The molecule has 7 nitrogen and oxygen atoms in total. The van der Waals surface area contributed by atoms with Crippen LogP contribution in [-0.2, 0) is 4.79 Å². The van der Waals surface area contributed by atoms with Crippen LogP contribution in [0.5, 0.6) is 5.75 Å². The number of rotatable bonds is 4. The Hall–Kier alpha value is -3.35. The van der Waals surface area contributed by atoms with Crippen molar-refractivity contribution in [2.45, 2.75) is 25.0 Å². The molecular formula is C20H21N5O2. The van der Waals surface area contributed by atoms with E-state index in [4.69, 9.17) is 4.74 Å². The fourth-order valence-corrected chi connectivity index (χ4v) is 3.62. The van der Waals surface area contributed by atoms with Crippen LogP contribution >= 0.6 is 0 Å². The van der Waals surface area contributed by atoms with Crippen LogP contribution in [0.3, 0.4) is 0 Å². The number of hydrogen-bond donors (Lipinski definition) is 2. The highest BCUT2D eigenvalue weighted by Crippen LogP contribution is 2.38. The first-order chi connectivity index (χ1) is 13.2. The molecule has 0 fully saturated rings. The molecule has 1 amide bonds. The summed E-state index contributed by atoms with van der Waals surface area (Å²) in [5, 5.41) is 10.9. The van der Waals surface area contributed by atoms with E-state index in [1.165, 1.54) is 13.3 Å². The van der Waals surface area contributed by atoms with Gasteiger partial charge in [0.1, 0.15) is 18.1 Å². The number of benzene rings is 2. The lowest BCUT2D eigenvalue weighted by Gasteiger charge is -2.40. The summed E-state index contributed by atoms with van der Waals surface area (Å²) >= 11 is 0. The first-order valence-corrected chi connectivity index (χ1v) is 8.79. The summed E-state index contributed by atoms with van der Waals surface area (Å²) < 4.78 is 7.09. The number of aromatic nitrogens is 3. The second-order valence-electron chi connectivity index (χ2n) is 6.51. The first kappa shape index (κ1) is 17.1. The lowest BCUT2D eigenvalue weighted by Crippen LogP contribution is -2.50. The van der Waals surface area contributed by atoms with Crippen LogP contribution in [-0.4, -0.2) is 33.8 Å². The van der Waals surface area contributed by atoms with E-state index in [-0.39, 0.29) is 24.0 Å². The second-order valence-corrected chi connectivity index (χ2v) is 6.51. The molecule has 0 aliphatic carbocycles. The minimum Gasteiger partial charge on any atom is -0.497 e. The van der Waals surface area contributed by atoms with Gasteiger partial charge in [0.05, 0.1) is 19.2 Å². The van der Waals surface area contributed by atoms with Gasteiger partial charge in [0.2, 0.25) is 11.9 Å². The van der Waals surface area contributed by atoms with Gasteiger partial charge in [-0.25, -0.2) is 4.68 Å². The van der Waals surface area contributed by atoms with Crippen LogP contribution in [0.25, 0.3) is 0 Å². The molecule has 1 aliphatic rings. The summed E-state index contributed by atoms with van der Waals surface area (Å²) in [5.41, 5.74) is 2.09. The fourth-order valence-electron chi connectivity index (χ4n) is 3.62. The van der Waals surface area contributed by atoms with Crippen molar-refractivity contribution in [3.63, 3.8) is 0 Å². The highest BCUT2D eigenvalue weighted by molar-refractivity contribution is 5.73. The van der Waals surface area contributed by atoms with Crippen molar-refractivity contribution < 1.29 is 9.53 Å². The van der Waals surface area contributed by atoms with E-state index in [1.54, 1.807) is 7.11 Å². The van der Waals surface area contributed by atoms with Crippen LogP contribution in [0, 0.1) is 0 Å². The predicted molar refractivity (Wildman–Crippen MR) is 102 cm³/mol. The molecule has 0 saturated heterocycles. The Labute approximate surface area is 157 Å². The topological polar surface area (TPSA) is 81.1 Å². The molecule has 27 heavy (non-hydrogen) atoms. The number of anilines is 1. The summed E-state index contributed by atoms with van der Waals surface area (Å²) in [7, 11) is 1.64. The average molecular weight is 363 g/mol. The van der Waals surface area contributed by atoms with Crippen molar-refractivity contribution in [2.24, 2.45) is 0 Å². The Morgan fingerprint density at radius 1 is 1.11 bits per heavy atom. The fraction of sp³-hybridized carbons (Fsp3) is 0.250. The van der Waals surface area contributed by atoms with Gasteiger partial charge in [-0.1, -0.05) is 42.5 Å². The number of carbonyl (C=O) groups excluding carboxylic acids is 1. The molecule has 0 unspecified atom stereocenters. The van der Waals surface area contributed by atoms with E-state index in [1.807, 2.05) is 59.3 Å². The molecule has 0 radical (unpaired) electrons. The van der Waals surface area contributed by atoms with Crippen molar-refractivity contribution in [3.8, 4) is 5.75 Å². The zero-order chi connectivity index (χ0) is 18.8.